The van der Waals surface area contributed by atoms with Gasteiger partial charge in [0.2, 0.25) is 15.9 Å². The summed E-state index contributed by atoms with van der Waals surface area (Å²) in [7, 11) is -3.48. The van der Waals surface area contributed by atoms with E-state index in [9.17, 15) is 13.2 Å². The highest BCUT2D eigenvalue weighted by Crippen LogP contribution is 2.41. The van der Waals surface area contributed by atoms with Crippen molar-refractivity contribution in [2.45, 2.75) is 37.5 Å². The van der Waals surface area contributed by atoms with Gasteiger partial charge in [-0.2, -0.15) is 0 Å². The number of carbonyl (C=O) groups is 1. The molecule has 2 aliphatic rings. The zero-order valence-electron chi connectivity index (χ0n) is 16.2. The number of halogens is 1. The number of amides is 1. The number of nitrogens with zero attached hydrogens (tertiary/aromatic N) is 1. The van der Waals surface area contributed by atoms with E-state index in [0.717, 1.165) is 48.9 Å². The molecule has 1 fully saturated rings. The third kappa shape index (κ3) is 3.88. The SMILES string of the molecule is O=C(NCCS(=O)(=O)N1CCc2ccccc21)C1(c2ccc(Cl)cc2)CCCC1. The first kappa shape index (κ1) is 20.2. The Morgan fingerprint density at radius 3 is 2.48 bits per heavy atom. The molecule has 2 aromatic carbocycles. The molecule has 154 valence electrons. The summed E-state index contributed by atoms with van der Waals surface area (Å²) in [6, 6.07) is 15.0. The molecule has 0 bridgehead atoms. The second kappa shape index (κ2) is 8.00. The molecular formula is C22H25ClN2O3S. The molecule has 1 aliphatic heterocycles. The van der Waals surface area contributed by atoms with Gasteiger partial charge in [0, 0.05) is 18.1 Å². The smallest absolute Gasteiger partial charge is 0.236 e. The lowest BCUT2D eigenvalue weighted by atomic mass is 9.78. The van der Waals surface area contributed by atoms with Gasteiger partial charge in [0.15, 0.2) is 0 Å². The van der Waals surface area contributed by atoms with Crippen molar-refractivity contribution >= 4 is 33.2 Å². The maximum atomic E-state index is 13.1. The third-order valence-electron chi connectivity index (χ3n) is 6.11. The van der Waals surface area contributed by atoms with Gasteiger partial charge in [-0.3, -0.25) is 9.10 Å². The van der Waals surface area contributed by atoms with Crippen molar-refractivity contribution in [3.63, 3.8) is 0 Å². The van der Waals surface area contributed by atoms with Crippen molar-refractivity contribution in [2.24, 2.45) is 0 Å². The number of fused-ring (bicyclic) bond motifs is 1. The molecule has 0 atom stereocenters. The number of sulfonamides is 1. The second-order valence-corrected chi connectivity index (χ2v) is 10.3. The van der Waals surface area contributed by atoms with Crippen LogP contribution in [0.3, 0.4) is 0 Å². The lowest BCUT2D eigenvalue weighted by molar-refractivity contribution is -0.126. The largest absolute Gasteiger partial charge is 0.354 e. The Kier molecular flexibility index (Phi) is 5.58. The van der Waals surface area contributed by atoms with E-state index in [2.05, 4.69) is 5.32 Å². The molecule has 0 aromatic heterocycles. The molecule has 5 nitrogen and oxygen atoms in total. The number of nitrogens with one attached hydrogen (secondary N) is 1. The summed E-state index contributed by atoms with van der Waals surface area (Å²) in [5.74, 6) is -0.196. The predicted molar refractivity (Wildman–Crippen MR) is 116 cm³/mol. The molecule has 4 rings (SSSR count). The maximum Gasteiger partial charge on any atom is 0.236 e. The zero-order chi connectivity index (χ0) is 20.5. The fourth-order valence-corrected chi connectivity index (χ4v) is 6.12. The summed E-state index contributed by atoms with van der Waals surface area (Å²) in [6.45, 7) is 0.569. The summed E-state index contributed by atoms with van der Waals surface area (Å²) >= 11 is 6.00. The van der Waals surface area contributed by atoms with Crippen LogP contribution in [0.15, 0.2) is 48.5 Å². The van der Waals surface area contributed by atoms with Crippen LogP contribution in [0.25, 0.3) is 0 Å². The van der Waals surface area contributed by atoms with E-state index in [-0.39, 0.29) is 18.2 Å². The van der Waals surface area contributed by atoms with Crippen molar-refractivity contribution in [1.29, 1.82) is 0 Å². The molecule has 1 amide bonds. The minimum absolute atomic E-state index is 0.0886. The van der Waals surface area contributed by atoms with E-state index < -0.39 is 15.4 Å². The highest BCUT2D eigenvalue weighted by Gasteiger charge is 2.42. The number of rotatable bonds is 6. The van der Waals surface area contributed by atoms with Crippen LogP contribution < -0.4 is 9.62 Å². The molecule has 0 spiro atoms. The topological polar surface area (TPSA) is 66.5 Å². The Morgan fingerprint density at radius 1 is 1.07 bits per heavy atom. The van der Waals surface area contributed by atoms with Gasteiger partial charge in [0.1, 0.15) is 0 Å². The Bertz CT molecular complexity index is 999. The fourth-order valence-electron chi connectivity index (χ4n) is 4.56. The number of carbonyl (C=O) groups excluding carboxylic acids is 1. The molecule has 29 heavy (non-hydrogen) atoms. The molecule has 0 unspecified atom stereocenters. The minimum Gasteiger partial charge on any atom is -0.354 e. The number of hydrogen-bond donors (Lipinski definition) is 1. The van der Waals surface area contributed by atoms with E-state index in [0.29, 0.717) is 11.6 Å². The van der Waals surface area contributed by atoms with Gasteiger partial charge in [0.05, 0.1) is 16.9 Å². The summed E-state index contributed by atoms with van der Waals surface area (Å²) < 4.78 is 27.2. The van der Waals surface area contributed by atoms with Gasteiger partial charge < -0.3 is 5.32 Å². The summed E-state index contributed by atoms with van der Waals surface area (Å²) in [5, 5.41) is 3.54. The van der Waals surface area contributed by atoms with Crippen molar-refractivity contribution in [1.82, 2.24) is 5.32 Å². The van der Waals surface area contributed by atoms with Crippen LogP contribution >= 0.6 is 11.6 Å². The van der Waals surface area contributed by atoms with Gasteiger partial charge in [-0.1, -0.05) is 54.8 Å². The average Bonchev–Trinajstić information content (AvgIpc) is 3.37. The van der Waals surface area contributed by atoms with E-state index in [4.69, 9.17) is 11.6 Å². The lowest BCUT2D eigenvalue weighted by Crippen LogP contribution is -2.45. The van der Waals surface area contributed by atoms with Gasteiger partial charge in [-0.05, 0) is 48.6 Å². The van der Waals surface area contributed by atoms with Crippen molar-refractivity contribution < 1.29 is 13.2 Å². The Labute approximate surface area is 177 Å². The highest BCUT2D eigenvalue weighted by molar-refractivity contribution is 7.92. The van der Waals surface area contributed by atoms with E-state index in [1.54, 1.807) is 12.1 Å². The quantitative estimate of drug-likeness (QED) is 0.757. The zero-order valence-corrected chi connectivity index (χ0v) is 17.8. The molecule has 2 aromatic rings. The van der Waals surface area contributed by atoms with Crippen LogP contribution in [0.2, 0.25) is 5.02 Å². The van der Waals surface area contributed by atoms with Crippen molar-refractivity contribution in [2.75, 3.05) is 23.1 Å². The van der Waals surface area contributed by atoms with E-state index in [1.807, 2.05) is 36.4 Å². The van der Waals surface area contributed by atoms with E-state index in [1.165, 1.54) is 4.31 Å². The van der Waals surface area contributed by atoms with Gasteiger partial charge in [-0.15, -0.1) is 0 Å². The Balaban J connectivity index is 1.43. The predicted octanol–water partition coefficient (Wildman–Crippen LogP) is 3.66. The Hall–Kier alpha value is -2.05. The molecule has 1 aliphatic carbocycles. The minimum atomic E-state index is -3.48. The van der Waals surface area contributed by atoms with Gasteiger partial charge in [0.25, 0.3) is 0 Å². The summed E-state index contributed by atoms with van der Waals surface area (Å²) in [4.78, 5) is 13.1. The summed E-state index contributed by atoms with van der Waals surface area (Å²) in [5.41, 5.74) is 2.17. The van der Waals surface area contributed by atoms with Crippen LogP contribution in [0.1, 0.15) is 36.8 Å². The normalized spacial score (nSPS) is 17.9. The van der Waals surface area contributed by atoms with Gasteiger partial charge >= 0.3 is 0 Å². The first-order valence-corrected chi connectivity index (χ1v) is 12.0. The number of hydrogen-bond acceptors (Lipinski definition) is 3. The Morgan fingerprint density at radius 2 is 1.76 bits per heavy atom. The molecule has 7 heteroatoms. The number of benzene rings is 2. The number of anilines is 1. The first-order valence-electron chi connectivity index (χ1n) is 10.1. The molecule has 1 saturated carbocycles. The van der Waals surface area contributed by atoms with E-state index >= 15 is 0 Å². The summed E-state index contributed by atoms with van der Waals surface area (Å²) in [6.07, 6.45) is 4.23. The molecule has 0 saturated heterocycles. The third-order valence-corrected chi connectivity index (χ3v) is 8.14. The van der Waals surface area contributed by atoms with Crippen LogP contribution in [-0.4, -0.2) is 33.2 Å². The molecular weight excluding hydrogens is 408 g/mol. The van der Waals surface area contributed by atoms with Crippen LogP contribution in [0, 0.1) is 0 Å². The lowest BCUT2D eigenvalue weighted by Gasteiger charge is -2.28. The average molecular weight is 433 g/mol. The van der Waals surface area contributed by atoms with Crippen molar-refractivity contribution in [3.8, 4) is 0 Å². The highest BCUT2D eigenvalue weighted by atomic mass is 35.5. The van der Waals surface area contributed by atoms with Crippen LogP contribution in [-0.2, 0) is 26.7 Å². The van der Waals surface area contributed by atoms with Crippen LogP contribution in [0.5, 0.6) is 0 Å². The maximum absolute atomic E-state index is 13.1. The monoisotopic (exact) mass is 432 g/mol. The molecule has 1 heterocycles. The second-order valence-electron chi connectivity index (χ2n) is 7.82. The molecule has 1 N–H and O–H groups in total. The van der Waals surface area contributed by atoms with Crippen molar-refractivity contribution in [3.05, 3.63) is 64.7 Å². The van der Waals surface area contributed by atoms with Gasteiger partial charge in [-0.25, -0.2) is 8.42 Å². The van der Waals surface area contributed by atoms with Crippen LogP contribution in [0.4, 0.5) is 5.69 Å². The fraction of sp³-hybridized carbons (Fsp3) is 0.409. The first-order chi connectivity index (χ1) is 13.9. The standard InChI is InChI=1S/C22H25ClN2O3S/c23-19-9-7-18(8-10-19)22(12-3-4-13-22)21(26)24-14-16-29(27,28)25-15-11-17-5-1-2-6-20(17)25/h1-2,5-10H,3-4,11-16H2,(H,24,26). The number of para-hydroxylation sites is 1. The molecule has 0 radical (unpaired) electrons.